The Kier molecular flexibility index (Phi) is 7.63. The van der Waals surface area contributed by atoms with Crippen molar-refractivity contribution in [3.8, 4) is 34.6 Å². The highest BCUT2D eigenvalue weighted by molar-refractivity contribution is 6.15. The molecule has 13 aromatic rings. The fourth-order valence-electron chi connectivity index (χ4n) is 11.9. The fraction of sp³-hybridized carbons (Fsp3) is 0.0323. The molecule has 2 aliphatic rings. The van der Waals surface area contributed by atoms with E-state index in [-0.39, 0.29) is 12.0 Å². The molecule has 1 aliphatic carbocycles. The van der Waals surface area contributed by atoms with E-state index in [1.807, 2.05) is 42.5 Å². The normalized spacial score (nSPS) is 15.4. The lowest BCUT2D eigenvalue weighted by molar-refractivity contribution is 0.668. The van der Waals surface area contributed by atoms with Gasteiger partial charge in [-0.15, -0.1) is 0 Å². The zero-order chi connectivity index (χ0) is 45.5. The number of nitriles is 2. The lowest BCUT2D eigenvalue weighted by Crippen LogP contribution is -2.30. The van der Waals surface area contributed by atoms with Crippen LogP contribution in [0.2, 0.25) is 0 Å². The topological polar surface area (TPSA) is 87.0 Å². The Morgan fingerprint density at radius 2 is 0.855 bits per heavy atom. The molecule has 0 saturated carbocycles. The standard InChI is InChI=1S/C62H35N5O2/c63-34-47-60(67-53-26-12-5-19-41(53)44-32-46-43-21-7-14-28-56(43)69-58(46)33-54(44)67)48(35-64)62(66-51-24-10-3-17-39(51)40-18-4-11-25-52(40)66)59(36-29-30-57-45(31-36)42-20-6-13-27-55(42)68-57)61(47)65-49-22-8-1-15-37(49)38-16-2-9-23-50(38)65/h1-33,41,53H. The Hall–Kier alpha value is -9.56. The molecule has 5 heterocycles. The molecule has 9 aromatic carbocycles. The quantitative estimate of drug-likeness (QED) is 0.176. The molecule has 0 saturated heterocycles. The number of anilines is 2. The molecule has 0 spiro atoms. The third-order valence-corrected chi connectivity index (χ3v) is 14.7. The van der Waals surface area contributed by atoms with Crippen molar-refractivity contribution in [1.82, 2.24) is 9.13 Å². The SMILES string of the molecule is N#Cc1c(N2c3cc4oc5ccccc5c4cc3C3C=CC=CC32)c(C#N)c(-n2c3ccccc3c3ccccc32)c(-c2ccc3oc4ccccc4c3c2)c1-n1c2ccccc2c2ccccc21. The van der Waals surface area contributed by atoms with Crippen molar-refractivity contribution in [3.05, 3.63) is 217 Å². The zero-order valence-electron chi connectivity index (χ0n) is 36.8. The van der Waals surface area contributed by atoms with Crippen LogP contribution in [0.25, 0.3) is 110 Å². The average molecular weight is 882 g/mol. The second-order valence-electron chi connectivity index (χ2n) is 18.1. The molecule has 0 bridgehead atoms. The van der Waals surface area contributed by atoms with E-state index in [1.165, 1.54) is 0 Å². The van der Waals surface area contributed by atoms with Gasteiger partial charge < -0.3 is 22.9 Å². The monoisotopic (exact) mass is 881 g/mol. The highest BCUT2D eigenvalue weighted by Gasteiger charge is 2.43. The van der Waals surface area contributed by atoms with Gasteiger partial charge in [0.15, 0.2) is 0 Å². The number of para-hydroxylation sites is 6. The molecule has 0 amide bonds. The zero-order valence-corrected chi connectivity index (χ0v) is 36.8. The summed E-state index contributed by atoms with van der Waals surface area (Å²) in [5.74, 6) is -0.0778. The van der Waals surface area contributed by atoms with Gasteiger partial charge in [-0.3, -0.25) is 0 Å². The summed E-state index contributed by atoms with van der Waals surface area (Å²) < 4.78 is 17.6. The van der Waals surface area contributed by atoms with Gasteiger partial charge in [-0.25, -0.2) is 0 Å². The van der Waals surface area contributed by atoms with E-state index in [0.29, 0.717) is 28.2 Å². The third kappa shape index (κ3) is 5.03. The highest BCUT2D eigenvalue weighted by Crippen LogP contribution is 2.56. The number of benzene rings is 9. The fourth-order valence-corrected chi connectivity index (χ4v) is 11.9. The van der Waals surface area contributed by atoms with Crippen molar-refractivity contribution in [3.63, 3.8) is 0 Å². The molecule has 0 fully saturated rings. The number of allylic oxidation sites excluding steroid dienone is 2. The van der Waals surface area contributed by atoms with Crippen LogP contribution >= 0.6 is 0 Å². The third-order valence-electron chi connectivity index (χ3n) is 14.7. The van der Waals surface area contributed by atoms with Gasteiger partial charge in [0.1, 0.15) is 45.6 Å². The van der Waals surface area contributed by atoms with Crippen molar-refractivity contribution < 1.29 is 8.83 Å². The summed E-state index contributed by atoms with van der Waals surface area (Å²) in [6.07, 6.45) is 8.64. The Balaban J connectivity index is 1.19. The van der Waals surface area contributed by atoms with Crippen molar-refractivity contribution >= 4 is 98.9 Å². The van der Waals surface area contributed by atoms with Crippen LogP contribution in [0.15, 0.2) is 209 Å². The Bertz CT molecular complexity index is 4300. The van der Waals surface area contributed by atoms with Crippen LogP contribution < -0.4 is 4.90 Å². The lowest BCUT2D eigenvalue weighted by Gasteiger charge is -2.33. The van der Waals surface area contributed by atoms with E-state index < -0.39 is 0 Å². The van der Waals surface area contributed by atoms with Crippen molar-refractivity contribution in [2.45, 2.75) is 12.0 Å². The van der Waals surface area contributed by atoms with Crippen LogP contribution in [-0.2, 0) is 0 Å². The number of nitrogens with zero attached hydrogens (tertiary/aromatic N) is 5. The summed E-state index contributed by atoms with van der Waals surface area (Å²) in [6, 6.07) is 66.0. The molecular weight excluding hydrogens is 847 g/mol. The molecule has 0 N–H and O–H groups in total. The molecule has 4 aromatic heterocycles. The van der Waals surface area contributed by atoms with Crippen molar-refractivity contribution in [2.24, 2.45) is 0 Å². The minimum absolute atomic E-state index is 0.0778. The molecule has 2 atom stereocenters. The number of fused-ring (bicyclic) bond motifs is 15. The van der Waals surface area contributed by atoms with Gasteiger partial charge in [0, 0.05) is 66.3 Å². The summed E-state index contributed by atoms with van der Waals surface area (Å²) >= 11 is 0. The van der Waals surface area contributed by atoms with Crippen molar-refractivity contribution in [1.29, 1.82) is 10.5 Å². The van der Waals surface area contributed by atoms with Gasteiger partial charge in [0.2, 0.25) is 0 Å². The minimum Gasteiger partial charge on any atom is -0.456 e. The van der Waals surface area contributed by atoms with E-state index >= 15 is 0 Å². The largest absolute Gasteiger partial charge is 0.456 e. The summed E-state index contributed by atoms with van der Waals surface area (Å²) in [5, 5.41) is 32.8. The van der Waals surface area contributed by atoms with Gasteiger partial charge >= 0.3 is 0 Å². The summed E-state index contributed by atoms with van der Waals surface area (Å²) in [4.78, 5) is 2.26. The first-order valence-electron chi connectivity index (χ1n) is 23.2. The second kappa shape index (κ2) is 14.0. The van der Waals surface area contributed by atoms with E-state index in [9.17, 15) is 10.5 Å². The summed E-state index contributed by atoms with van der Waals surface area (Å²) in [7, 11) is 0. The van der Waals surface area contributed by atoms with Gasteiger partial charge in [0.25, 0.3) is 0 Å². The van der Waals surface area contributed by atoms with Gasteiger partial charge in [-0.1, -0.05) is 140 Å². The van der Waals surface area contributed by atoms with Crippen LogP contribution in [0.4, 0.5) is 11.4 Å². The Morgan fingerprint density at radius 3 is 1.39 bits per heavy atom. The predicted octanol–water partition coefficient (Wildman–Crippen LogP) is 15.8. The molecule has 7 heteroatoms. The second-order valence-corrected chi connectivity index (χ2v) is 18.1. The number of hydrogen-bond acceptors (Lipinski definition) is 5. The van der Waals surface area contributed by atoms with E-state index in [1.54, 1.807) is 0 Å². The first-order chi connectivity index (χ1) is 34.2. The first-order valence-corrected chi connectivity index (χ1v) is 23.2. The van der Waals surface area contributed by atoms with Crippen LogP contribution in [0.5, 0.6) is 0 Å². The lowest BCUT2D eigenvalue weighted by atomic mass is 9.89. The minimum atomic E-state index is -0.265. The van der Waals surface area contributed by atoms with Crippen LogP contribution in [0.1, 0.15) is 22.6 Å². The number of hydrogen-bond donors (Lipinski definition) is 0. The highest BCUT2D eigenvalue weighted by atomic mass is 16.3. The van der Waals surface area contributed by atoms with Crippen LogP contribution in [0.3, 0.4) is 0 Å². The smallest absolute Gasteiger partial charge is 0.137 e. The molecule has 0 radical (unpaired) electrons. The maximum atomic E-state index is 12.3. The molecule has 15 rings (SSSR count). The van der Waals surface area contributed by atoms with E-state index in [4.69, 9.17) is 8.83 Å². The maximum absolute atomic E-state index is 12.3. The van der Waals surface area contributed by atoms with E-state index in [2.05, 4.69) is 184 Å². The van der Waals surface area contributed by atoms with Gasteiger partial charge in [-0.05, 0) is 65.7 Å². The molecule has 69 heavy (non-hydrogen) atoms. The predicted molar refractivity (Wildman–Crippen MR) is 278 cm³/mol. The molecule has 1 aliphatic heterocycles. The Labute approximate surface area is 394 Å². The first kappa shape index (κ1) is 37.6. The molecular formula is C62H35N5O2. The van der Waals surface area contributed by atoms with Crippen molar-refractivity contribution in [2.75, 3.05) is 4.90 Å². The summed E-state index contributed by atoms with van der Waals surface area (Å²) in [6.45, 7) is 0. The van der Waals surface area contributed by atoms with Gasteiger partial charge in [0.05, 0.1) is 45.2 Å². The van der Waals surface area contributed by atoms with Crippen LogP contribution in [0, 0.1) is 22.7 Å². The average Bonchev–Trinajstić information content (AvgIpc) is 4.21. The number of rotatable bonds is 4. The number of aromatic nitrogens is 2. The van der Waals surface area contributed by atoms with E-state index in [0.717, 1.165) is 110 Å². The summed E-state index contributed by atoms with van der Waals surface area (Å²) in [5.41, 5.74) is 13.1. The Morgan fingerprint density at radius 1 is 0.406 bits per heavy atom. The van der Waals surface area contributed by atoms with Crippen LogP contribution in [-0.4, -0.2) is 15.2 Å². The maximum Gasteiger partial charge on any atom is 0.137 e. The number of furan rings is 2. The van der Waals surface area contributed by atoms with Gasteiger partial charge in [-0.2, -0.15) is 10.5 Å². The molecule has 320 valence electrons. The molecule has 7 nitrogen and oxygen atoms in total. The molecule has 2 unspecified atom stereocenters.